The molecule has 0 aliphatic carbocycles. The topological polar surface area (TPSA) is 81.7 Å². The number of nitrogens with zero attached hydrogens (tertiary/aromatic N) is 1. The molecule has 3 amide bonds. The van der Waals surface area contributed by atoms with Crippen LogP contribution in [0.1, 0.15) is 58.1 Å². The molecule has 3 aromatic rings. The van der Waals surface area contributed by atoms with E-state index in [0.717, 1.165) is 17.7 Å². The van der Waals surface area contributed by atoms with E-state index in [-0.39, 0.29) is 35.3 Å². The molecule has 0 saturated heterocycles. The first-order valence-electron chi connectivity index (χ1n) is 12.3. The van der Waals surface area contributed by atoms with Crippen molar-refractivity contribution >= 4 is 34.9 Å². The van der Waals surface area contributed by atoms with E-state index in [1.54, 1.807) is 19.9 Å². The first-order valence-corrected chi connectivity index (χ1v) is 12.6. The summed E-state index contributed by atoms with van der Waals surface area (Å²) in [5.41, 5.74) is -0.740. The molecular weight excluding hydrogens is 557 g/mol. The van der Waals surface area contributed by atoms with Gasteiger partial charge in [0.2, 0.25) is 0 Å². The van der Waals surface area contributed by atoms with E-state index in [1.165, 1.54) is 11.0 Å². The van der Waals surface area contributed by atoms with Crippen LogP contribution >= 0.6 is 11.6 Å². The molecule has 2 aliphatic rings. The van der Waals surface area contributed by atoms with Crippen molar-refractivity contribution in [2.45, 2.75) is 44.5 Å². The Morgan fingerprint density at radius 2 is 1.85 bits per heavy atom. The minimum absolute atomic E-state index is 0.0815. The van der Waals surface area contributed by atoms with Crippen LogP contribution in [-0.4, -0.2) is 29.2 Å². The second kappa shape index (κ2) is 9.74. The number of rotatable bonds is 5. The summed E-state index contributed by atoms with van der Waals surface area (Å²) in [5, 5.41) is 16.0. The van der Waals surface area contributed by atoms with E-state index in [9.17, 15) is 36.6 Å². The molecule has 0 spiro atoms. The SMILES string of the molecule is CC(C)(O)Cc1cc(NC(=O)c2cc(F)cc(C(F)(F)F)c2)c2c3c1CCN3C(=O)NC2c1cc(F)ccc1Cl. The first-order chi connectivity index (χ1) is 18.6. The van der Waals surface area contributed by atoms with Gasteiger partial charge in [-0.25, -0.2) is 13.6 Å². The molecule has 0 fully saturated rings. The minimum Gasteiger partial charge on any atom is -0.390 e. The maximum Gasteiger partial charge on any atom is 0.416 e. The van der Waals surface area contributed by atoms with Crippen LogP contribution in [0.5, 0.6) is 0 Å². The highest BCUT2D eigenvalue weighted by Gasteiger charge is 2.41. The van der Waals surface area contributed by atoms with Crippen LogP contribution in [0.3, 0.4) is 0 Å². The Hall–Kier alpha value is -3.70. The fraction of sp³-hybridized carbons (Fsp3) is 0.286. The second-order valence-corrected chi connectivity index (χ2v) is 10.9. The number of carbonyl (C=O) groups is 2. The maximum absolute atomic E-state index is 14.3. The summed E-state index contributed by atoms with van der Waals surface area (Å²) < 4.78 is 68.3. The van der Waals surface area contributed by atoms with Crippen molar-refractivity contribution < 1.29 is 36.6 Å². The lowest BCUT2D eigenvalue weighted by molar-refractivity contribution is -0.137. The molecule has 0 bridgehead atoms. The Morgan fingerprint density at radius 3 is 2.52 bits per heavy atom. The summed E-state index contributed by atoms with van der Waals surface area (Å²) >= 11 is 6.39. The van der Waals surface area contributed by atoms with Crippen LogP contribution < -0.4 is 15.5 Å². The number of hydrogen-bond donors (Lipinski definition) is 3. The van der Waals surface area contributed by atoms with Gasteiger partial charge in [-0.3, -0.25) is 9.69 Å². The smallest absolute Gasteiger partial charge is 0.390 e. The van der Waals surface area contributed by atoms with Gasteiger partial charge in [0, 0.05) is 40.4 Å². The summed E-state index contributed by atoms with van der Waals surface area (Å²) in [6.07, 6.45) is -4.34. The Kier molecular flexibility index (Phi) is 6.78. The van der Waals surface area contributed by atoms with Crippen LogP contribution in [-0.2, 0) is 19.0 Å². The third-order valence-electron chi connectivity index (χ3n) is 6.82. The van der Waals surface area contributed by atoms with Crippen molar-refractivity contribution in [2.75, 3.05) is 16.8 Å². The number of alkyl halides is 3. The largest absolute Gasteiger partial charge is 0.416 e. The Bertz CT molecular complexity index is 1550. The van der Waals surface area contributed by atoms with E-state index in [2.05, 4.69) is 10.6 Å². The normalized spacial score (nSPS) is 16.6. The molecule has 210 valence electrons. The lowest BCUT2D eigenvalue weighted by Gasteiger charge is -2.35. The number of nitrogens with one attached hydrogen (secondary N) is 2. The molecule has 6 nitrogen and oxygen atoms in total. The third kappa shape index (κ3) is 5.23. The van der Waals surface area contributed by atoms with Gasteiger partial charge in [-0.2, -0.15) is 13.2 Å². The predicted molar refractivity (Wildman–Crippen MR) is 139 cm³/mol. The average molecular weight is 580 g/mol. The zero-order valence-electron chi connectivity index (χ0n) is 21.2. The molecule has 2 aliphatic heterocycles. The zero-order valence-corrected chi connectivity index (χ0v) is 22.0. The van der Waals surface area contributed by atoms with Gasteiger partial charge in [0.15, 0.2) is 0 Å². The van der Waals surface area contributed by atoms with Crippen molar-refractivity contribution in [2.24, 2.45) is 0 Å². The molecule has 0 radical (unpaired) electrons. The van der Waals surface area contributed by atoms with Crippen LogP contribution in [0.4, 0.5) is 38.1 Å². The van der Waals surface area contributed by atoms with Crippen molar-refractivity contribution in [3.05, 3.63) is 92.5 Å². The van der Waals surface area contributed by atoms with Gasteiger partial charge in [-0.1, -0.05) is 11.6 Å². The van der Waals surface area contributed by atoms with Crippen LogP contribution in [0.2, 0.25) is 5.02 Å². The summed E-state index contributed by atoms with van der Waals surface area (Å²) in [6, 6.07) is 5.13. The van der Waals surface area contributed by atoms with E-state index in [4.69, 9.17) is 11.6 Å². The van der Waals surface area contributed by atoms with Gasteiger partial charge in [-0.05, 0) is 73.9 Å². The number of urea groups is 1. The van der Waals surface area contributed by atoms with E-state index >= 15 is 0 Å². The summed E-state index contributed by atoms with van der Waals surface area (Å²) in [6.45, 7) is 3.45. The number of carbonyl (C=O) groups excluding carboxylic acids is 2. The van der Waals surface area contributed by atoms with Gasteiger partial charge >= 0.3 is 12.2 Å². The molecule has 0 aromatic heterocycles. The minimum atomic E-state index is -4.89. The van der Waals surface area contributed by atoms with Gasteiger partial charge < -0.3 is 15.7 Å². The standard InChI is InChI=1S/C28H23ClF5N3O3/c1-27(2,40)12-14-9-21(35-25(38)13-7-15(28(32,33)34)10-17(31)8-13)22-23(19-11-16(30)3-4-20(19)29)36-26(39)37-6-5-18(14)24(22)37/h3-4,7-11,23,40H,5-6,12H2,1-2H3,(H,35,38)(H,36,39). The number of benzene rings is 3. The third-order valence-corrected chi connectivity index (χ3v) is 7.17. The zero-order chi connectivity index (χ0) is 29.1. The lowest BCUT2D eigenvalue weighted by atomic mass is 9.86. The molecule has 40 heavy (non-hydrogen) atoms. The number of aliphatic hydroxyl groups is 1. The average Bonchev–Trinajstić information content (AvgIpc) is 3.29. The van der Waals surface area contributed by atoms with Crippen molar-refractivity contribution in [1.29, 1.82) is 0 Å². The summed E-state index contributed by atoms with van der Waals surface area (Å²) in [7, 11) is 0. The van der Waals surface area contributed by atoms with Crippen molar-refractivity contribution in [1.82, 2.24) is 5.32 Å². The van der Waals surface area contributed by atoms with Gasteiger partial charge in [0.05, 0.1) is 22.9 Å². The van der Waals surface area contributed by atoms with E-state index in [1.807, 2.05) is 0 Å². The van der Waals surface area contributed by atoms with Crippen molar-refractivity contribution in [3.8, 4) is 0 Å². The van der Waals surface area contributed by atoms with Gasteiger partial charge in [0.1, 0.15) is 11.6 Å². The molecule has 12 heteroatoms. The number of hydrogen-bond acceptors (Lipinski definition) is 3. The fourth-order valence-electron chi connectivity index (χ4n) is 5.25. The van der Waals surface area contributed by atoms with Crippen LogP contribution in [0.25, 0.3) is 0 Å². The van der Waals surface area contributed by atoms with E-state index in [0.29, 0.717) is 35.4 Å². The highest BCUT2D eigenvalue weighted by molar-refractivity contribution is 6.31. The van der Waals surface area contributed by atoms with Crippen molar-refractivity contribution in [3.63, 3.8) is 0 Å². The fourth-order valence-corrected chi connectivity index (χ4v) is 5.47. The Labute approximate surface area is 230 Å². The number of halogens is 6. The number of anilines is 2. The molecule has 0 saturated carbocycles. The molecule has 3 aromatic carbocycles. The maximum atomic E-state index is 14.3. The molecule has 1 unspecified atom stereocenters. The molecular formula is C28H23ClF5N3O3. The lowest BCUT2D eigenvalue weighted by Crippen LogP contribution is -2.46. The summed E-state index contributed by atoms with van der Waals surface area (Å²) in [4.78, 5) is 27.8. The van der Waals surface area contributed by atoms with Gasteiger partial charge in [0.25, 0.3) is 5.91 Å². The van der Waals surface area contributed by atoms with Crippen LogP contribution in [0, 0.1) is 11.6 Å². The van der Waals surface area contributed by atoms with Crippen LogP contribution in [0.15, 0.2) is 42.5 Å². The Morgan fingerprint density at radius 1 is 1.12 bits per heavy atom. The molecule has 1 atom stereocenters. The Balaban J connectivity index is 1.70. The monoisotopic (exact) mass is 579 g/mol. The molecule has 3 N–H and O–H groups in total. The van der Waals surface area contributed by atoms with E-state index < -0.39 is 52.5 Å². The highest BCUT2D eigenvalue weighted by atomic mass is 35.5. The number of amides is 3. The first kappa shape index (κ1) is 27.9. The molecule has 2 heterocycles. The highest BCUT2D eigenvalue weighted by Crippen LogP contribution is 2.48. The molecule has 5 rings (SSSR count). The predicted octanol–water partition coefficient (Wildman–Crippen LogP) is 6.38. The summed E-state index contributed by atoms with van der Waals surface area (Å²) in [5.74, 6) is -2.92. The second-order valence-electron chi connectivity index (χ2n) is 10.4. The quantitative estimate of drug-likeness (QED) is 0.307. The van der Waals surface area contributed by atoms with Gasteiger partial charge in [-0.15, -0.1) is 0 Å².